The van der Waals surface area contributed by atoms with Crippen LogP contribution in [0.1, 0.15) is 27.2 Å². The maximum atomic E-state index is 10.3. The van der Waals surface area contributed by atoms with Gasteiger partial charge in [-0.2, -0.15) is 0 Å². The van der Waals surface area contributed by atoms with E-state index in [0.29, 0.717) is 5.92 Å². The number of Topliss-reactive ketones (excluding diaryl/α,β-unsaturated/α-hetero) is 1. The molecule has 0 aliphatic carbocycles. The van der Waals surface area contributed by atoms with Crippen LogP contribution < -0.4 is 0 Å². The Morgan fingerprint density at radius 1 is 1.64 bits per heavy atom. The maximum Gasteiger partial charge on any atom is 0.174 e. The van der Waals surface area contributed by atoms with Gasteiger partial charge in [0.25, 0.3) is 0 Å². The number of ketones is 1. The summed E-state index contributed by atoms with van der Waals surface area (Å²) in [6, 6.07) is 0. The fraction of sp³-hybridized carbons (Fsp3) is 0.750. The lowest BCUT2D eigenvalue weighted by Gasteiger charge is -1.96. The third kappa shape index (κ3) is 9.14. The van der Waals surface area contributed by atoms with E-state index < -0.39 is 0 Å². The minimum Gasteiger partial charge on any atom is -0.388 e. The summed E-state index contributed by atoms with van der Waals surface area (Å²) in [6.07, 6.45) is 2.57. The Balaban J connectivity index is 3.23. The number of carbonyl (C=O) groups excluding carboxylic acids is 1. The van der Waals surface area contributed by atoms with Gasteiger partial charge in [-0.1, -0.05) is 19.0 Å². The highest BCUT2D eigenvalue weighted by Crippen LogP contribution is 1.94. The summed E-state index contributed by atoms with van der Waals surface area (Å²) in [6.45, 7) is 5.74. The van der Waals surface area contributed by atoms with Gasteiger partial charge in [-0.15, -0.1) is 0 Å². The van der Waals surface area contributed by atoms with Gasteiger partial charge >= 0.3 is 0 Å². The molecule has 11 heavy (non-hydrogen) atoms. The Hall–Kier alpha value is -0.860. The number of nitrogens with zero attached hydrogens (tertiary/aromatic N) is 1. The second-order valence-corrected chi connectivity index (χ2v) is 2.89. The molecule has 0 saturated carbocycles. The van der Waals surface area contributed by atoms with Crippen molar-refractivity contribution in [3.8, 4) is 0 Å². The third-order valence-corrected chi connectivity index (χ3v) is 0.994. The predicted octanol–water partition coefficient (Wildman–Crippen LogP) is 1.62. The van der Waals surface area contributed by atoms with Crippen molar-refractivity contribution in [3.05, 3.63) is 0 Å². The van der Waals surface area contributed by atoms with E-state index in [2.05, 4.69) is 23.8 Å². The summed E-state index contributed by atoms with van der Waals surface area (Å²) in [7, 11) is 0. The van der Waals surface area contributed by atoms with Crippen LogP contribution in [0.25, 0.3) is 0 Å². The fourth-order valence-corrected chi connectivity index (χ4v) is 0.435. The van der Waals surface area contributed by atoms with Gasteiger partial charge in [0, 0.05) is 6.21 Å². The van der Waals surface area contributed by atoms with Crippen LogP contribution >= 0.6 is 0 Å². The van der Waals surface area contributed by atoms with Gasteiger partial charge in [0.05, 0.1) is 0 Å². The normalized spacial score (nSPS) is 10.9. The van der Waals surface area contributed by atoms with E-state index in [9.17, 15) is 4.79 Å². The molecular formula is C8H15NO2. The Kier molecular flexibility index (Phi) is 5.43. The van der Waals surface area contributed by atoms with E-state index in [-0.39, 0.29) is 12.4 Å². The molecule has 0 bridgehead atoms. The highest BCUT2D eigenvalue weighted by molar-refractivity contribution is 5.76. The lowest BCUT2D eigenvalue weighted by atomic mass is 10.2. The smallest absolute Gasteiger partial charge is 0.174 e. The second-order valence-electron chi connectivity index (χ2n) is 2.89. The van der Waals surface area contributed by atoms with Crippen molar-refractivity contribution in [1.29, 1.82) is 0 Å². The van der Waals surface area contributed by atoms with Crippen LogP contribution in [0, 0.1) is 5.92 Å². The molecule has 0 radical (unpaired) electrons. The van der Waals surface area contributed by atoms with E-state index in [1.807, 2.05) is 0 Å². The molecular weight excluding hydrogens is 142 g/mol. The van der Waals surface area contributed by atoms with Gasteiger partial charge in [-0.25, -0.2) is 0 Å². The number of carbonyl (C=O) groups is 1. The zero-order valence-corrected chi connectivity index (χ0v) is 7.33. The van der Waals surface area contributed by atoms with Crippen molar-refractivity contribution >= 4 is 12.0 Å². The molecule has 0 unspecified atom stereocenters. The Labute approximate surface area is 67.4 Å². The molecule has 0 rings (SSSR count). The predicted molar refractivity (Wildman–Crippen MR) is 44.6 cm³/mol. The van der Waals surface area contributed by atoms with Gasteiger partial charge in [0.2, 0.25) is 0 Å². The molecule has 0 saturated heterocycles. The summed E-state index contributed by atoms with van der Waals surface area (Å²) < 4.78 is 0. The lowest BCUT2D eigenvalue weighted by Crippen LogP contribution is -1.99. The Morgan fingerprint density at radius 2 is 2.27 bits per heavy atom. The molecule has 0 N–H and O–H groups in total. The average molecular weight is 157 g/mol. The SMILES string of the molecule is CC(=O)CO/N=C/CC(C)C. The van der Waals surface area contributed by atoms with Crippen LogP contribution in [0.15, 0.2) is 5.16 Å². The summed E-state index contributed by atoms with van der Waals surface area (Å²) in [5, 5.41) is 3.61. The van der Waals surface area contributed by atoms with Crippen molar-refractivity contribution in [1.82, 2.24) is 0 Å². The quantitative estimate of drug-likeness (QED) is 0.449. The summed E-state index contributed by atoms with van der Waals surface area (Å²) in [4.78, 5) is 15.0. The minimum atomic E-state index is -0.00769. The first kappa shape index (κ1) is 10.1. The topological polar surface area (TPSA) is 38.7 Å². The van der Waals surface area contributed by atoms with Crippen molar-refractivity contribution in [3.63, 3.8) is 0 Å². The number of hydrogen-bond donors (Lipinski definition) is 0. The molecule has 0 aliphatic rings. The number of rotatable bonds is 5. The number of hydrogen-bond acceptors (Lipinski definition) is 3. The van der Waals surface area contributed by atoms with Crippen LogP contribution in [-0.2, 0) is 9.63 Å². The standard InChI is InChI=1S/C8H15NO2/c1-7(2)4-5-9-11-6-8(3)10/h5,7H,4,6H2,1-3H3/b9-5+. The zero-order chi connectivity index (χ0) is 8.69. The van der Waals surface area contributed by atoms with Crippen molar-refractivity contribution in [2.45, 2.75) is 27.2 Å². The molecule has 0 aliphatic heterocycles. The average Bonchev–Trinajstić information content (AvgIpc) is 1.85. The monoisotopic (exact) mass is 157 g/mol. The third-order valence-electron chi connectivity index (χ3n) is 0.994. The van der Waals surface area contributed by atoms with Gasteiger partial charge in [0.15, 0.2) is 12.4 Å². The highest BCUT2D eigenvalue weighted by Gasteiger charge is 1.90. The number of oxime groups is 1. The Bertz CT molecular complexity index is 141. The largest absolute Gasteiger partial charge is 0.388 e. The molecule has 0 fully saturated rings. The summed E-state index contributed by atoms with van der Waals surface area (Å²) in [5.41, 5.74) is 0. The summed E-state index contributed by atoms with van der Waals surface area (Å²) >= 11 is 0. The molecule has 0 amide bonds. The lowest BCUT2D eigenvalue weighted by molar-refractivity contribution is -0.121. The first-order valence-corrected chi connectivity index (χ1v) is 3.76. The molecule has 0 atom stereocenters. The zero-order valence-electron chi connectivity index (χ0n) is 7.33. The molecule has 0 aromatic rings. The van der Waals surface area contributed by atoms with Crippen LogP contribution in [0.2, 0.25) is 0 Å². The molecule has 0 aromatic heterocycles. The molecule has 0 spiro atoms. The van der Waals surface area contributed by atoms with Crippen LogP contribution in [0.4, 0.5) is 0 Å². The second kappa shape index (κ2) is 5.89. The van der Waals surface area contributed by atoms with Crippen LogP contribution in [0.5, 0.6) is 0 Å². The Morgan fingerprint density at radius 3 is 2.73 bits per heavy atom. The summed E-state index contributed by atoms with van der Waals surface area (Å²) in [5.74, 6) is 0.575. The molecule has 3 nitrogen and oxygen atoms in total. The van der Waals surface area contributed by atoms with E-state index >= 15 is 0 Å². The van der Waals surface area contributed by atoms with Crippen LogP contribution in [-0.4, -0.2) is 18.6 Å². The van der Waals surface area contributed by atoms with Gasteiger partial charge < -0.3 is 4.84 Å². The van der Waals surface area contributed by atoms with E-state index in [0.717, 1.165) is 6.42 Å². The molecule has 0 heterocycles. The van der Waals surface area contributed by atoms with Gasteiger partial charge in [0.1, 0.15) is 0 Å². The van der Waals surface area contributed by atoms with E-state index in [1.54, 1.807) is 6.21 Å². The minimum absolute atomic E-state index is 0.00769. The molecule has 64 valence electrons. The highest BCUT2D eigenvalue weighted by atomic mass is 16.6. The first-order chi connectivity index (χ1) is 5.13. The van der Waals surface area contributed by atoms with Gasteiger partial charge in [-0.05, 0) is 19.3 Å². The molecule has 0 aromatic carbocycles. The fourth-order valence-electron chi connectivity index (χ4n) is 0.435. The van der Waals surface area contributed by atoms with Crippen molar-refractivity contribution in [2.24, 2.45) is 11.1 Å². The van der Waals surface area contributed by atoms with Gasteiger partial charge in [-0.3, -0.25) is 4.79 Å². The van der Waals surface area contributed by atoms with Crippen molar-refractivity contribution < 1.29 is 9.63 Å². The van der Waals surface area contributed by atoms with E-state index in [1.165, 1.54) is 6.92 Å². The first-order valence-electron chi connectivity index (χ1n) is 3.76. The van der Waals surface area contributed by atoms with E-state index in [4.69, 9.17) is 0 Å². The van der Waals surface area contributed by atoms with Crippen molar-refractivity contribution in [2.75, 3.05) is 6.61 Å². The van der Waals surface area contributed by atoms with Crippen LogP contribution in [0.3, 0.4) is 0 Å². The molecule has 3 heteroatoms. The maximum absolute atomic E-state index is 10.3.